The van der Waals surface area contributed by atoms with Crippen LogP contribution in [0.5, 0.6) is 0 Å². The van der Waals surface area contributed by atoms with Crippen molar-refractivity contribution in [3.63, 3.8) is 0 Å². The fourth-order valence-electron chi connectivity index (χ4n) is 4.47. The van der Waals surface area contributed by atoms with Gasteiger partial charge in [-0.1, -0.05) is 78.3 Å². The number of rotatable bonds is 7. The third-order valence-electron chi connectivity index (χ3n) is 6.38. The molecule has 9 heteroatoms. The van der Waals surface area contributed by atoms with Gasteiger partial charge in [0.05, 0.1) is 24.7 Å². The Labute approximate surface area is 236 Å². The van der Waals surface area contributed by atoms with Gasteiger partial charge in [0.15, 0.2) is 0 Å². The van der Waals surface area contributed by atoms with E-state index in [1.807, 2.05) is 6.07 Å². The number of halogens is 2. The first-order chi connectivity index (χ1) is 19.0. The van der Waals surface area contributed by atoms with Gasteiger partial charge in [-0.15, -0.1) is 0 Å². The van der Waals surface area contributed by atoms with E-state index in [2.05, 4.69) is 5.32 Å². The zero-order valence-corrected chi connectivity index (χ0v) is 23.5. The largest absolute Gasteiger partial charge is 0.444 e. The second-order valence-electron chi connectivity index (χ2n) is 10.4. The van der Waals surface area contributed by atoms with Gasteiger partial charge in [-0.05, 0) is 51.0 Å². The average molecular weight is 564 g/mol. The molecule has 4 rings (SSSR count). The van der Waals surface area contributed by atoms with Crippen molar-refractivity contribution < 1.29 is 13.9 Å². The Morgan fingerprint density at radius 2 is 1.57 bits per heavy atom. The molecule has 3 aromatic carbocycles. The fraction of sp³-hybridized carbons (Fsp3) is 0.258. The lowest BCUT2D eigenvalue weighted by molar-refractivity contribution is 0.0497. The molecule has 0 fully saturated rings. The van der Waals surface area contributed by atoms with Crippen molar-refractivity contribution in [3.05, 3.63) is 127 Å². The maximum atomic E-state index is 15.0. The van der Waals surface area contributed by atoms with Crippen LogP contribution in [0.4, 0.5) is 9.18 Å². The fourth-order valence-corrected chi connectivity index (χ4v) is 4.67. The number of hydrogen-bond donors (Lipinski definition) is 1. The summed E-state index contributed by atoms with van der Waals surface area (Å²) in [7, 11) is 0. The molecule has 1 aromatic heterocycles. The summed E-state index contributed by atoms with van der Waals surface area (Å²) >= 11 is 6.40. The van der Waals surface area contributed by atoms with Crippen LogP contribution in [-0.2, 0) is 17.8 Å². The van der Waals surface area contributed by atoms with Gasteiger partial charge in [0, 0.05) is 16.3 Å². The molecular weight excluding hydrogens is 533 g/mol. The van der Waals surface area contributed by atoms with E-state index in [1.54, 1.807) is 82.3 Å². The summed E-state index contributed by atoms with van der Waals surface area (Å²) in [6.07, 6.45) is -0.702. The number of nitrogens with one attached hydrogen (secondary N) is 1. The monoisotopic (exact) mass is 563 g/mol. The van der Waals surface area contributed by atoms with E-state index in [1.165, 1.54) is 22.8 Å². The molecule has 0 saturated carbocycles. The molecule has 0 aliphatic carbocycles. The molecule has 0 aliphatic heterocycles. The number of alkyl carbamates (subject to hydrolysis) is 1. The first-order valence-electron chi connectivity index (χ1n) is 12.8. The lowest BCUT2D eigenvalue weighted by atomic mass is 10.0. The summed E-state index contributed by atoms with van der Waals surface area (Å²) in [6.45, 7) is 6.67. The number of aromatic nitrogens is 2. The third-order valence-corrected chi connectivity index (χ3v) is 6.74. The quantitative estimate of drug-likeness (QED) is 0.295. The van der Waals surface area contributed by atoms with E-state index in [4.69, 9.17) is 16.3 Å². The van der Waals surface area contributed by atoms with Crippen molar-refractivity contribution in [1.29, 1.82) is 0 Å². The Bertz CT molecular complexity index is 1640. The van der Waals surface area contributed by atoms with E-state index in [0.29, 0.717) is 21.8 Å². The first-order valence-corrected chi connectivity index (χ1v) is 13.2. The Morgan fingerprint density at radius 3 is 2.23 bits per heavy atom. The smallest absolute Gasteiger partial charge is 0.408 e. The average Bonchev–Trinajstić information content (AvgIpc) is 2.90. The van der Waals surface area contributed by atoms with Crippen LogP contribution in [0.1, 0.15) is 43.6 Å². The van der Waals surface area contributed by atoms with Gasteiger partial charge in [-0.2, -0.15) is 0 Å². The van der Waals surface area contributed by atoms with Crippen LogP contribution in [0.3, 0.4) is 0 Å². The van der Waals surface area contributed by atoms with Gasteiger partial charge in [-0.3, -0.25) is 13.9 Å². The van der Waals surface area contributed by atoms with E-state index >= 15 is 4.39 Å². The summed E-state index contributed by atoms with van der Waals surface area (Å²) < 4.78 is 22.9. The Balaban J connectivity index is 1.90. The second kappa shape index (κ2) is 11.9. The number of benzene rings is 3. The number of nitrogens with zero attached hydrogens (tertiary/aromatic N) is 2. The highest BCUT2D eigenvalue weighted by Crippen LogP contribution is 2.24. The lowest BCUT2D eigenvalue weighted by Gasteiger charge is -2.25. The molecule has 7 nitrogen and oxygen atoms in total. The molecular formula is C31H31ClFN3O4. The van der Waals surface area contributed by atoms with Crippen molar-refractivity contribution in [2.24, 2.45) is 0 Å². The number of carbonyl (C=O) groups excluding carboxylic acids is 1. The van der Waals surface area contributed by atoms with Crippen LogP contribution >= 0.6 is 11.6 Å². The summed E-state index contributed by atoms with van der Waals surface area (Å²) in [4.78, 5) is 40.6. The molecule has 0 spiro atoms. The summed E-state index contributed by atoms with van der Waals surface area (Å²) in [6, 6.07) is 21.1. The van der Waals surface area contributed by atoms with Crippen LogP contribution < -0.4 is 16.6 Å². The van der Waals surface area contributed by atoms with Crippen LogP contribution in [0.25, 0.3) is 11.1 Å². The summed E-state index contributed by atoms with van der Waals surface area (Å²) in [5.74, 6) is -0.594. The highest BCUT2D eigenvalue weighted by Gasteiger charge is 2.25. The predicted molar refractivity (Wildman–Crippen MR) is 154 cm³/mol. The van der Waals surface area contributed by atoms with Gasteiger partial charge in [-0.25, -0.2) is 14.0 Å². The normalized spacial score (nSPS) is 12.2. The molecule has 4 aromatic rings. The van der Waals surface area contributed by atoms with Crippen LogP contribution in [-0.4, -0.2) is 20.8 Å². The minimum Gasteiger partial charge on any atom is -0.444 e. The van der Waals surface area contributed by atoms with Gasteiger partial charge in [0.25, 0.3) is 5.56 Å². The molecule has 40 heavy (non-hydrogen) atoms. The molecule has 1 atom stereocenters. The first kappa shape index (κ1) is 28.8. The minimum absolute atomic E-state index is 0.0498. The van der Waals surface area contributed by atoms with Crippen molar-refractivity contribution in [1.82, 2.24) is 14.5 Å². The van der Waals surface area contributed by atoms with Crippen LogP contribution in [0.15, 0.2) is 88.5 Å². The molecule has 0 aliphatic rings. The van der Waals surface area contributed by atoms with E-state index < -0.39 is 34.8 Å². The third kappa shape index (κ3) is 6.51. The lowest BCUT2D eigenvalue weighted by Crippen LogP contribution is -2.46. The van der Waals surface area contributed by atoms with E-state index in [-0.39, 0.29) is 24.2 Å². The molecule has 1 unspecified atom stereocenters. The maximum absolute atomic E-state index is 15.0. The predicted octanol–water partition coefficient (Wildman–Crippen LogP) is 6.09. The number of carbonyl (C=O) groups is 1. The topological polar surface area (TPSA) is 82.3 Å². The molecule has 0 bridgehead atoms. The van der Waals surface area contributed by atoms with E-state index in [9.17, 15) is 14.4 Å². The van der Waals surface area contributed by atoms with Gasteiger partial charge in [0.1, 0.15) is 11.4 Å². The molecule has 1 heterocycles. The Kier molecular flexibility index (Phi) is 8.59. The van der Waals surface area contributed by atoms with Gasteiger partial charge < -0.3 is 10.1 Å². The van der Waals surface area contributed by atoms with Gasteiger partial charge >= 0.3 is 11.8 Å². The van der Waals surface area contributed by atoms with Crippen LogP contribution in [0, 0.1) is 12.7 Å². The van der Waals surface area contributed by atoms with Crippen molar-refractivity contribution in [3.8, 4) is 11.1 Å². The number of ether oxygens (including phenoxy) is 1. The molecule has 0 saturated heterocycles. The number of amides is 1. The van der Waals surface area contributed by atoms with Gasteiger partial charge in [0.2, 0.25) is 0 Å². The Hall–Kier alpha value is -4.17. The standard InChI is InChI=1S/C31H31ClFN3O4/c1-20-27(23-15-9-11-17-25(23)33)28(37)36(30(39)35(20)18-22-14-8-10-16-24(22)32)19-26(21-12-6-5-7-13-21)34-29(38)40-31(2,3)4/h5-17,26H,18-19H2,1-4H3,(H,34,38). The number of hydrogen-bond acceptors (Lipinski definition) is 4. The zero-order valence-electron chi connectivity index (χ0n) is 22.8. The van der Waals surface area contributed by atoms with Crippen molar-refractivity contribution in [2.45, 2.75) is 52.4 Å². The summed E-state index contributed by atoms with van der Waals surface area (Å²) in [5, 5.41) is 3.24. The molecule has 1 N–H and O–H groups in total. The molecule has 0 radical (unpaired) electrons. The highest BCUT2D eigenvalue weighted by atomic mass is 35.5. The minimum atomic E-state index is -0.800. The Morgan fingerprint density at radius 1 is 0.950 bits per heavy atom. The van der Waals surface area contributed by atoms with Crippen molar-refractivity contribution >= 4 is 17.7 Å². The summed E-state index contributed by atoms with van der Waals surface area (Å²) in [5.41, 5.74) is -0.309. The maximum Gasteiger partial charge on any atom is 0.408 e. The molecule has 208 valence electrons. The zero-order chi connectivity index (χ0) is 29.0. The van der Waals surface area contributed by atoms with E-state index in [0.717, 1.165) is 4.57 Å². The molecule has 1 amide bonds. The SMILES string of the molecule is Cc1c(-c2ccccc2F)c(=O)n(CC(NC(=O)OC(C)(C)C)c2ccccc2)c(=O)n1Cc1ccccc1Cl. The van der Waals surface area contributed by atoms with Crippen LogP contribution in [0.2, 0.25) is 5.02 Å². The van der Waals surface area contributed by atoms with Crippen molar-refractivity contribution in [2.75, 3.05) is 0 Å². The second-order valence-corrected chi connectivity index (χ2v) is 10.8. The highest BCUT2D eigenvalue weighted by molar-refractivity contribution is 6.31.